The van der Waals surface area contributed by atoms with E-state index < -0.39 is 10.0 Å². The van der Waals surface area contributed by atoms with E-state index in [4.69, 9.17) is 0 Å². The van der Waals surface area contributed by atoms with Crippen LogP contribution in [0.15, 0.2) is 48.5 Å². The standard InChI is InChI=1S/C16H16FNO2S/c1-12-10-18(16-5-3-2-4-15(12)16)21(19,20)11-13-6-8-14(17)9-7-13/h2-9,12H,10-11H2,1H3. The van der Waals surface area contributed by atoms with Crippen molar-refractivity contribution in [1.29, 1.82) is 0 Å². The Morgan fingerprint density at radius 3 is 2.52 bits per heavy atom. The zero-order chi connectivity index (χ0) is 15.0. The van der Waals surface area contributed by atoms with E-state index in [1.165, 1.54) is 28.6 Å². The predicted molar refractivity (Wildman–Crippen MR) is 81.2 cm³/mol. The number of rotatable bonds is 3. The van der Waals surface area contributed by atoms with Crippen LogP contribution in [0.2, 0.25) is 0 Å². The highest BCUT2D eigenvalue weighted by Crippen LogP contribution is 2.38. The molecule has 5 heteroatoms. The van der Waals surface area contributed by atoms with Gasteiger partial charge in [-0.3, -0.25) is 4.31 Å². The molecule has 3 rings (SSSR count). The molecule has 0 aromatic heterocycles. The SMILES string of the molecule is CC1CN(S(=O)(=O)Cc2ccc(F)cc2)c2ccccc21. The van der Waals surface area contributed by atoms with Crippen molar-refractivity contribution in [1.82, 2.24) is 0 Å². The zero-order valence-electron chi connectivity index (χ0n) is 11.7. The average Bonchev–Trinajstić information content (AvgIpc) is 2.80. The maximum Gasteiger partial charge on any atom is 0.239 e. The molecular formula is C16H16FNO2S. The van der Waals surface area contributed by atoms with E-state index in [9.17, 15) is 12.8 Å². The van der Waals surface area contributed by atoms with Gasteiger partial charge in [-0.1, -0.05) is 37.3 Å². The van der Waals surface area contributed by atoms with Crippen LogP contribution in [-0.2, 0) is 15.8 Å². The van der Waals surface area contributed by atoms with Gasteiger partial charge in [0.1, 0.15) is 5.82 Å². The predicted octanol–water partition coefficient (Wildman–Crippen LogP) is 3.28. The van der Waals surface area contributed by atoms with E-state index in [2.05, 4.69) is 0 Å². The van der Waals surface area contributed by atoms with E-state index in [1.807, 2.05) is 31.2 Å². The molecule has 0 saturated carbocycles. The quantitative estimate of drug-likeness (QED) is 0.872. The summed E-state index contributed by atoms with van der Waals surface area (Å²) in [4.78, 5) is 0. The average molecular weight is 305 g/mol. The molecule has 0 radical (unpaired) electrons. The number of para-hydroxylation sites is 1. The van der Waals surface area contributed by atoms with Gasteiger partial charge in [-0.05, 0) is 29.3 Å². The molecule has 110 valence electrons. The summed E-state index contributed by atoms with van der Waals surface area (Å²) in [7, 11) is -3.46. The smallest absolute Gasteiger partial charge is 0.239 e. The van der Waals surface area contributed by atoms with Crippen LogP contribution in [0.5, 0.6) is 0 Å². The lowest BCUT2D eigenvalue weighted by Crippen LogP contribution is -2.30. The lowest BCUT2D eigenvalue weighted by molar-refractivity contribution is 0.589. The summed E-state index contributed by atoms with van der Waals surface area (Å²) in [6.45, 7) is 2.48. The van der Waals surface area contributed by atoms with Gasteiger partial charge >= 0.3 is 0 Å². The molecule has 1 heterocycles. The summed E-state index contributed by atoms with van der Waals surface area (Å²) in [6, 6.07) is 13.2. The van der Waals surface area contributed by atoms with Gasteiger partial charge in [0, 0.05) is 12.5 Å². The molecule has 1 aliphatic rings. The van der Waals surface area contributed by atoms with Crippen LogP contribution in [0.3, 0.4) is 0 Å². The second-order valence-corrected chi connectivity index (χ2v) is 7.27. The number of hydrogen-bond donors (Lipinski definition) is 0. The third-order valence-electron chi connectivity index (χ3n) is 3.77. The number of halogens is 1. The van der Waals surface area contributed by atoms with Crippen molar-refractivity contribution in [2.45, 2.75) is 18.6 Å². The molecule has 2 aromatic rings. The lowest BCUT2D eigenvalue weighted by Gasteiger charge is -2.19. The van der Waals surface area contributed by atoms with Gasteiger partial charge in [0.15, 0.2) is 0 Å². The highest BCUT2D eigenvalue weighted by atomic mass is 32.2. The van der Waals surface area contributed by atoms with Gasteiger partial charge in [-0.2, -0.15) is 0 Å². The van der Waals surface area contributed by atoms with Crippen LogP contribution in [0.1, 0.15) is 24.0 Å². The maximum absolute atomic E-state index is 12.9. The number of sulfonamides is 1. The molecule has 0 saturated heterocycles. The Bertz CT molecular complexity index is 756. The molecule has 0 aliphatic carbocycles. The second-order valence-electron chi connectivity index (χ2n) is 5.37. The summed E-state index contributed by atoms with van der Waals surface area (Å²) in [5, 5.41) is 0. The molecule has 3 nitrogen and oxygen atoms in total. The zero-order valence-corrected chi connectivity index (χ0v) is 12.5. The fraction of sp³-hybridized carbons (Fsp3) is 0.250. The molecule has 1 atom stereocenters. The van der Waals surface area contributed by atoms with E-state index in [1.54, 1.807) is 0 Å². The molecule has 0 amide bonds. The van der Waals surface area contributed by atoms with Gasteiger partial charge in [-0.15, -0.1) is 0 Å². The van der Waals surface area contributed by atoms with Gasteiger partial charge in [0.25, 0.3) is 0 Å². The van der Waals surface area contributed by atoms with E-state index in [0.717, 1.165) is 11.3 Å². The lowest BCUT2D eigenvalue weighted by atomic mass is 10.0. The molecular weight excluding hydrogens is 289 g/mol. The van der Waals surface area contributed by atoms with Gasteiger partial charge in [0.05, 0.1) is 11.4 Å². The maximum atomic E-state index is 12.9. The van der Waals surface area contributed by atoms with Crippen LogP contribution < -0.4 is 4.31 Å². The van der Waals surface area contributed by atoms with Gasteiger partial charge in [-0.25, -0.2) is 12.8 Å². The Kier molecular flexibility index (Phi) is 3.45. The van der Waals surface area contributed by atoms with Crippen molar-refractivity contribution >= 4 is 15.7 Å². The first kappa shape index (κ1) is 14.1. The number of hydrogen-bond acceptors (Lipinski definition) is 2. The Hall–Kier alpha value is -1.88. The molecule has 2 aromatic carbocycles. The van der Waals surface area contributed by atoms with Crippen molar-refractivity contribution in [2.24, 2.45) is 0 Å². The molecule has 0 fully saturated rings. The van der Waals surface area contributed by atoms with E-state index >= 15 is 0 Å². The third kappa shape index (κ3) is 2.65. The highest BCUT2D eigenvalue weighted by molar-refractivity contribution is 7.92. The minimum absolute atomic E-state index is 0.117. The number of fused-ring (bicyclic) bond motifs is 1. The topological polar surface area (TPSA) is 37.4 Å². The van der Waals surface area contributed by atoms with Crippen molar-refractivity contribution < 1.29 is 12.8 Å². The van der Waals surface area contributed by atoms with Crippen LogP contribution in [-0.4, -0.2) is 15.0 Å². The Labute approximate surface area is 124 Å². The summed E-state index contributed by atoms with van der Waals surface area (Å²) >= 11 is 0. The van der Waals surface area contributed by atoms with E-state index in [-0.39, 0.29) is 17.5 Å². The number of benzene rings is 2. The Morgan fingerprint density at radius 1 is 1.14 bits per heavy atom. The fourth-order valence-corrected chi connectivity index (χ4v) is 4.40. The summed E-state index contributed by atoms with van der Waals surface area (Å²) in [5.41, 5.74) is 2.40. The Balaban J connectivity index is 1.91. The minimum atomic E-state index is -3.46. The summed E-state index contributed by atoms with van der Waals surface area (Å²) in [5.74, 6) is -0.297. The second kappa shape index (κ2) is 5.15. The normalized spacial score (nSPS) is 17.8. The summed E-state index contributed by atoms with van der Waals surface area (Å²) in [6.07, 6.45) is 0. The number of anilines is 1. The van der Waals surface area contributed by atoms with Crippen LogP contribution in [0.4, 0.5) is 10.1 Å². The monoisotopic (exact) mass is 305 g/mol. The number of nitrogens with zero attached hydrogens (tertiary/aromatic N) is 1. The third-order valence-corrected chi connectivity index (χ3v) is 5.49. The van der Waals surface area contributed by atoms with Crippen LogP contribution in [0, 0.1) is 5.82 Å². The largest absolute Gasteiger partial charge is 0.269 e. The van der Waals surface area contributed by atoms with Crippen molar-refractivity contribution in [3.8, 4) is 0 Å². The van der Waals surface area contributed by atoms with Crippen LogP contribution in [0.25, 0.3) is 0 Å². The Morgan fingerprint density at radius 2 is 1.81 bits per heavy atom. The fourth-order valence-electron chi connectivity index (χ4n) is 2.71. The molecule has 1 unspecified atom stereocenters. The van der Waals surface area contributed by atoms with Crippen molar-refractivity contribution in [3.63, 3.8) is 0 Å². The molecule has 0 N–H and O–H groups in total. The van der Waals surface area contributed by atoms with Gasteiger partial charge < -0.3 is 0 Å². The van der Waals surface area contributed by atoms with Crippen LogP contribution >= 0.6 is 0 Å². The first-order valence-electron chi connectivity index (χ1n) is 6.81. The molecule has 0 bridgehead atoms. The molecule has 21 heavy (non-hydrogen) atoms. The highest BCUT2D eigenvalue weighted by Gasteiger charge is 2.33. The van der Waals surface area contributed by atoms with Crippen molar-refractivity contribution in [2.75, 3.05) is 10.8 Å². The molecule has 1 aliphatic heterocycles. The summed E-state index contributed by atoms with van der Waals surface area (Å²) < 4.78 is 39.6. The van der Waals surface area contributed by atoms with Crippen molar-refractivity contribution in [3.05, 3.63) is 65.5 Å². The van der Waals surface area contributed by atoms with E-state index in [0.29, 0.717) is 12.1 Å². The van der Waals surface area contributed by atoms with Gasteiger partial charge in [0.2, 0.25) is 10.0 Å². The first-order chi connectivity index (χ1) is 9.97. The molecule has 0 spiro atoms. The first-order valence-corrected chi connectivity index (χ1v) is 8.42. The minimum Gasteiger partial charge on any atom is -0.269 e.